The molecule has 4 rings (SSSR count). The van der Waals surface area contributed by atoms with Gasteiger partial charge in [0.2, 0.25) is 5.91 Å². The number of carbonyl (C=O) groups is 2. The number of piperidine rings is 1. The second-order valence-electron chi connectivity index (χ2n) is 14.9. The lowest BCUT2D eigenvalue weighted by Crippen LogP contribution is -2.46. The standard InChI is InChI=1S/C32H58BN3O5/c1-32(2,3)41-31(38)34-21-23-8-7-10-26(20-23)24-16-18-36(19-17-24)30(37)25-12-14-28(15-13-25)35(4)22-27-9-5-6-11-29(27)33(39)40/h23-29,39-40H,5-22H2,1-4H3,(H,34,38). The molecule has 9 heteroatoms. The number of nitrogens with zero attached hydrogens (tertiary/aromatic N) is 2. The van der Waals surface area contributed by atoms with Gasteiger partial charge in [-0.2, -0.15) is 0 Å². The van der Waals surface area contributed by atoms with E-state index in [1.54, 1.807) is 0 Å². The summed E-state index contributed by atoms with van der Waals surface area (Å²) < 4.78 is 5.41. The van der Waals surface area contributed by atoms with Crippen LogP contribution in [0.15, 0.2) is 0 Å². The van der Waals surface area contributed by atoms with Crippen LogP contribution in [0.2, 0.25) is 5.82 Å². The highest BCUT2D eigenvalue weighted by atomic mass is 16.6. The maximum atomic E-state index is 13.5. The summed E-state index contributed by atoms with van der Waals surface area (Å²) in [5, 5.41) is 22.7. The summed E-state index contributed by atoms with van der Waals surface area (Å²) >= 11 is 0. The first-order valence-corrected chi connectivity index (χ1v) is 16.8. The Balaban J connectivity index is 1.15. The summed E-state index contributed by atoms with van der Waals surface area (Å²) in [5.41, 5.74) is -0.467. The van der Waals surface area contributed by atoms with Gasteiger partial charge in [0.05, 0.1) is 0 Å². The minimum atomic E-state index is -1.20. The van der Waals surface area contributed by atoms with E-state index in [0.717, 1.165) is 77.4 Å². The van der Waals surface area contributed by atoms with Crippen LogP contribution in [-0.4, -0.2) is 83.8 Å². The number of rotatable bonds is 8. The van der Waals surface area contributed by atoms with Crippen molar-refractivity contribution in [3.8, 4) is 0 Å². The molecule has 0 radical (unpaired) electrons. The fraction of sp³-hybridized carbons (Fsp3) is 0.938. The molecule has 0 aromatic heterocycles. The minimum absolute atomic E-state index is 0.000407. The van der Waals surface area contributed by atoms with E-state index >= 15 is 0 Å². The number of nitrogens with one attached hydrogen (secondary N) is 1. The van der Waals surface area contributed by atoms with E-state index in [1.165, 1.54) is 32.1 Å². The average Bonchev–Trinajstić information content (AvgIpc) is 2.95. The third-order valence-corrected chi connectivity index (χ3v) is 10.8. The molecule has 0 aromatic carbocycles. The number of carbonyl (C=O) groups excluding carboxylic acids is 2. The van der Waals surface area contributed by atoms with E-state index in [9.17, 15) is 19.6 Å². The van der Waals surface area contributed by atoms with Gasteiger partial charge in [0.1, 0.15) is 5.60 Å². The summed E-state index contributed by atoms with van der Waals surface area (Å²) in [6.07, 6.45) is 15.1. The van der Waals surface area contributed by atoms with Gasteiger partial charge in [-0.15, -0.1) is 0 Å². The molecule has 41 heavy (non-hydrogen) atoms. The normalized spacial score (nSPS) is 32.0. The maximum absolute atomic E-state index is 13.5. The first kappa shape index (κ1) is 32.6. The van der Waals surface area contributed by atoms with Gasteiger partial charge >= 0.3 is 13.2 Å². The molecule has 4 unspecified atom stereocenters. The lowest BCUT2D eigenvalue weighted by molar-refractivity contribution is -0.138. The van der Waals surface area contributed by atoms with Crippen molar-refractivity contribution in [2.45, 2.75) is 128 Å². The summed E-state index contributed by atoms with van der Waals surface area (Å²) in [4.78, 5) is 30.1. The van der Waals surface area contributed by atoms with Crippen molar-refractivity contribution in [2.24, 2.45) is 29.6 Å². The highest BCUT2D eigenvalue weighted by molar-refractivity contribution is 6.43. The summed E-state index contributed by atoms with van der Waals surface area (Å²) in [6.45, 7) is 9.10. The highest BCUT2D eigenvalue weighted by Crippen LogP contribution is 2.40. The first-order valence-electron chi connectivity index (χ1n) is 16.8. The molecule has 1 heterocycles. The Morgan fingerprint density at radius 3 is 2.24 bits per heavy atom. The molecule has 4 atom stereocenters. The molecule has 0 aromatic rings. The second kappa shape index (κ2) is 14.9. The molecule has 3 saturated carbocycles. The van der Waals surface area contributed by atoms with Gasteiger partial charge in [0.15, 0.2) is 0 Å². The Labute approximate surface area is 249 Å². The van der Waals surface area contributed by atoms with Gasteiger partial charge in [0, 0.05) is 38.1 Å². The van der Waals surface area contributed by atoms with E-state index in [1.807, 2.05) is 20.8 Å². The monoisotopic (exact) mass is 575 g/mol. The number of hydrogen-bond acceptors (Lipinski definition) is 6. The maximum Gasteiger partial charge on any atom is 0.455 e. The van der Waals surface area contributed by atoms with Gasteiger partial charge in [0.25, 0.3) is 0 Å². The van der Waals surface area contributed by atoms with Crippen LogP contribution < -0.4 is 5.32 Å². The van der Waals surface area contributed by atoms with Crippen LogP contribution in [-0.2, 0) is 9.53 Å². The van der Waals surface area contributed by atoms with E-state index in [2.05, 4.69) is 22.2 Å². The van der Waals surface area contributed by atoms with Crippen LogP contribution in [0.3, 0.4) is 0 Å². The van der Waals surface area contributed by atoms with Crippen molar-refractivity contribution in [3.05, 3.63) is 0 Å². The Morgan fingerprint density at radius 2 is 1.59 bits per heavy atom. The average molecular weight is 576 g/mol. The SMILES string of the molecule is CN(CC1CCCCC1B(O)O)C1CCC(C(=O)N2CCC(C3CCCC(CNC(=O)OC(C)(C)C)C3)CC2)CC1. The van der Waals surface area contributed by atoms with Gasteiger partial charge in [-0.3, -0.25) is 4.79 Å². The zero-order chi connectivity index (χ0) is 29.6. The molecule has 4 aliphatic rings. The minimum Gasteiger partial charge on any atom is -0.444 e. The fourth-order valence-corrected chi connectivity index (χ4v) is 8.48. The Morgan fingerprint density at radius 1 is 0.902 bits per heavy atom. The molecule has 0 spiro atoms. The molecular weight excluding hydrogens is 517 g/mol. The number of ether oxygens (including phenoxy) is 1. The Hall–Kier alpha value is -1.32. The second-order valence-corrected chi connectivity index (χ2v) is 14.9. The molecule has 2 amide bonds. The molecule has 234 valence electrons. The van der Waals surface area contributed by atoms with Crippen molar-refractivity contribution >= 4 is 19.1 Å². The van der Waals surface area contributed by atoms with Crippen molar-refractivity contribution in [1.29, 1.82) is 0 Å². The molecule has 0 bridgehead atoms. The van der Waals surface area contributed by atoms with Gasteiger partial charge < -0.3 is 29.9 Å². The van der Waals surface area contributed by atoms with Crippen LogP contribution in [0.5, 0.6) is 0 Å². The zero-order valence-corrected chi connectivity index (χ0v) is 26.4. The Kier molecular flexibility index (Phi) is 11.9. The summed E-state index contributed by atoms with van der Waals surface area (Å²) in [7, 11) is 0.989. The lowest BCUT2D eigenvalue weighted by Gasteiger charge is -2.42. The molecule has 1 aliphatic heterocycles. The van der Waals surface area contributed by atoms with E-state index in [-0.39, 0.29) is 17.8 Å². The van der Waals surface area contributed by atoms with Crippen molar-refractivity contribution in [1.82, 2.24) is 15.1 Å². The first-order chi connectivity index (χ1) is 19.5. The quantitative estimate of drug-likeness (QED) is 0.349. The number of amides is 2. The predicted molar refractivity (Wildman–Crippen MR) is 163 cm³/mol. The van der Waals surface area contributed by atoms with Crippen molar-refractivity contribution < 1.29 is 24.4 Å². The molecule has 1 saturated heterocycles. The molecule has 3 aliphatic carbocycles. The largest absolute Gasteiger partial charge is 0.455 e. The topological polar surface area (TPSA) is 102 Å². The van der Waals surface area contributed by atoms with Crippen molar-refractivity contribution in [3.63, 3.8) is 0 Å². The number of hydrogen-bond donors (Lipinski definition) is 3. The van der Waals surface area contributed by atoms with Crippen LogP contribution in [0.1, 0.15) is 111 Å². The van der Waals surface area contributed by atoms with Gasteiger partial charge in [-0.05, 0) is 115 Å². The van der Waals surface area contributed by atoms with Crippen LogP contribution in [0.4, 0.5) is 4.79 Å². The lowest BCUT2D eigenvalue weighted by atomic mass is 9.59. The fourth-order valence-electron chi connectivity index (χ4n) is 8.48. The van der Waals surface area contributed by atoms with Crippen molar-refractivity contribution in [2.75, 3.05) is 33.2 Å². The molecular formula is C32H58BN3O5. The highest BCUT2D eigenvalue weighted by Gasteiger charge is 2.38. The van der Waals surface area contributed by atoms with E-state index in [4.69, 9.17) is 4.74 Å². The smallest absolute Gasteiger partial charge is 0.444 e. The summed E-state index contributed by atoms with van der Waals surface area (Å²) in [6, 6.07) is 0.493. The van der Waals surface area contributed by atoms with E-state index < -0.39 is 12.7 Å². The number of alkyl carbamates (subject to hydrolysis) is 1. The van der Waals surface area contributed by atoms with Crippen LogP contribution >= 0.6 is 0 Å². The molecule has 4 fully saturated rings. The van der Waals surface area contributed by atoms with Crippen LogP contribution in [0, 0.1) is 29.6 Å². The molecule has 3 N–H and O–H groups in total. The van der Waals surface area contributed by atoms with Gasteiger partial charge in [-0.1, -0.05) is 32.1 Å². The third-order valence-electron chi connectivity index (χ3n) is 10.8. The predicted octanol–water partition coefficient (Wildman–Crippen LogP) is 5.08. The van der Waals surface area contributed by atoms with Crippen LogP contribution in [0.25, 0.3) is 0 Å². The van der Waals surface area contributed by atoms with E-state index in [0.29, 0.717) is 42.2 Å². The third kappa shape index (κ3) is 9.59. The molecule has 8 nitrogen and oxygen atoms in total. The summed E-state index contributed by atoms with van der Waals surface area (Å²) in [5.74, 6) is 2.81. The zero-order valence-electron chi connectivity index (χ0n) is 26.4. The van der Waals surface area contributed by atoms with Gasteiger partial charge in [-0.25, -0.2) is 4.79 Å². The number of likely N-dealkylation sites (tertiary alicyclic amines) is 1. The Bertz CT molecular complexity index is 836.